The molecule has 1 aliphatic rings. The van der Waals surface area contributed by atoms with E-state index >= 15 is 0 Å². The first-order chi connectivity index (χ1) is 8.89. The lowest BCUT2D eigenvalue weighted by Crippen LogP contribution is -2.24. The quantitative estimate of drug-likeness (QED) is 0.794. The molecule has 0 bridgehead atoms. The molecule has 1 nitrogen and oxygen atoms in total. The summed E-state index contributed by atoms with van der Waals surface area (Å²) >= 11 is 0. The van der Waals surface area contributed by atoms with Gasteiger partial charge in [-0.25, -0.2) is 4.39 Å². The van der Waals surface area contributed by atoms with Crippen molar-refractivity contribution in [3.63, 3.8) is 0 Å². The highest BCUT2D eigenvalue weighted by Gasteiger charge is 2.35. The van der Waals surface area contributed by atoms with E-state index < -0.39 is 23.6 Å². The van der Waals surface area contributed by atoms with Crippen LogP contribution < -0.4 is 5.73 Å². The van der Waals surface area contributed by atoms with Gasteiger partial charge in [0.15, 0.2) is 0 Å². The van der Waals surface area contributed by atoms with Crippen molar-refractivity contribution in [1.82, 2.24) is 0 Å². The summed E-state index contributed by atoms with van der Waals surface area (Å²) in [6, 6.07) is 2.64. The lowest BCUT2D eigenvalue weighted by molar-refractivity contribution is -0.140. The van der Waals surface area contributed by atoms with Crippen molar-refractivity contribution in [3.8, 4) is 0 Å². The first-order valence-corrected chi connectivity index (χ1v) is 6.52. The second kappa shape index (κ2) is 5.49. The van der Waals surface area contributed by atoms with Crippen LogP contribution in [-0.4, -0.2) is 0 Å². The Balaban J connectivity index is 2.24. The molecule has 0 amide bonds. The lowest BCUT2D eigenvalue weighted by Gasteiger charge is -2.28. The summed E-state index contributed by atoms with van der Waals surface area (Å²) in [5.41, 5.74) is 5.19. The molecule has 0 heterocycles. The van der Waals surface area contributed by atoms with E-state index in [-0.39, 0.29) is 5.92 Å². The molecule has 0 aromatic heterocycles. The van der Waals surface area contributed by atoms with Gasteiger partial charge in [-0.05, 0) is 36.5 Å². The minimum Gasteiger partial charge on any atom is -0.324 e. The number of benzene rings is 1. The van der Waals surface area contributed by atoms with Crippen LogP contribution >= 0.6 is 0 Å². The van der Waals surface area contributed by atoms with Gasteiger partial charge in [0.25, 0.3) is 0 Å². The van der Waals surface area contributed by atoms with Crippen LogP contribution in [-0.2, 0) is 6.18 Å². The highest BCUT2D eigenvalue weighted by molar-refractivity contribution is 5.29. The van der Waals surface area contributed by atoms with E-state index in [0.29, 0.717) is 5.56 Å². The van der Waals surface area contributed by atoms with Crippen LogP contribution in [0.15, 0.2) is 18.2 Å². The summed E-state index contributed by atoms with van der Waals surface area (Å²) in [6.45, 7) is 0. The van der Waals surface area contributed by atoms with E-state index in [1.54, 1.807) is 0 Å². The molecule has 2 rings (SSSR count). The van der Waals surface area contributed by atoms with Crippen molar-refractivity contribution in [1.29, 1.82) is 0 Å². The fourth-order valence-corrected chi connectivity index (χ4v) is 2.73. The molecule has 1 fully saturated rings. The van der Waals surface area contributed by atoms with Crippen LogP contribution in [0.5, 0.6) is 0 Å². The molecule has 1 saturated carbocycles. The Kier molecular flexibility index (Phi) is 4.13. The molecule has 1 aliphatic carbocycles. The van der Waals surface area contributed by atoms with E-state index in [1.165, 1.54) is 6.07 Å². The van der Waals surface area contributed by atoms with Crippen LogP contribution in [0, 0.1) is 11.7 Å². The molecule has 5 heteroatoms. The standard InChI is InChI=1S/C14H17F4N/c15-12-7-6-10(8-11(12)14(16,17)18)13(19)9-4-2-1-3-5-9/h6-9,13H,1-5,19H2/t13-/m0/s1. The van der Waals surface area contributed by atoms with E-state index in [0.717, 1.165) is 44.2 Å². The van der Waals surface area contributed by atoms with Gasteiger partial charge in [-0.1, -0.05) is 25.3 Å². The molecule has 0 unspecified atom stereocenters. The Morgan fingerprint density at radius 3 is 2.32 bits per heavy atom. The Morgan fingerprint density at radius 2 is 1.74 bits per heavy atom. The number of hydrogen-bond acceptors (Lipinski definition) is 1. The second-order valence-corrected chi connectivity index (χ2v) is 5.16. The van der Waals surface area contributed by atoms with Crippen molar-refractivity contribution >= 4 is 0 Å². The normalized spacial score (nSPS) is 19.4. The van der Waals surface area contributed by atoms with Crippen molar-refractivity contribution < 1.29 is 17.6 Å². The van der Waals surface area contributed by atoms with Crippen molar-refractivity contribution in [3.05, 3.63) is 35.1 Å². The summed E-state index contributed by atoms with van der Waals surface area (Å²) < 4.78 is 51.2. The van der Waals surface area contributed by atoms with Crippen LogP contribution in [0.1, 0.15) is 49.3 Å². The third-order valence-corrected chi connectivity index (χ3v) is 3.84. The van der Waals surface area contributed by atoms with Gasteiger partial charge in [-0.2, -0.15) is 13.2 Å². The third-order valence-electron chi connectivity index (χ3n) is 3.84. The minimum absolute atomic E-state index is 0.195. The number of alkyl halides is 3. The fourth-order valence-electron chi connectivity index (χ4n) is 2.73. The van der Waals surface area contributed by atoms with Crippen LogP contribution in [0.25, 0.3) is 0 Å². The Bertz CT molecular complexity index is 436. The van der Waals surface area contributed by atoms with Crippen LogP contribution in [0.2, 0.25) is 0 Å². The van der Waals surface area contributed by atoms with Gasteiger partial charge in [-0.15, -0.1) is 0 Å². The van der Waals surface area contributed by atoms with Gasteiger partial charge >= 0.3 is 6.18 Å². The number of hydrogen-bond donors (Lipinski definition) is 1. The van der Waals surface area contributed by atoms with E-state index in [2.05, 4.69) is 0 Å². The van der Waals surface area contributed by atoms with Gasteiger partial charge < -0.3 is 5.73 Å². The van der Waals surface area contributed by atoms with Gasteiger partial charge in [0, 0.05) is 6.04 Å². The molecule has 0 spiro atoms. The lowest BCUT2D eigenvalue weighted by atomic mass is 9.81. The Labute approximate surface area is 109 Å². The van der Waals surface area contributed by atoms with Gasteiger partial charge in [0.2, 0.25) is 0 Å². The largest absolute Gasteiger partial charge is 0.419 e. The average Bonchev–Trinajstić information content (AvgIpc) is 2.38. The molecule has 0 radical (unpaired) electrons. The zero-order valence-corrected chi connectivity index (χ0v) is 10.5. The van der Waals surface area contributed by atoms with E-state index in [9.17, 15) is 17.6 Å². The number of rotatable bonds is 2. The van der Waals surface area contributed by atoms with Crippen molar-refractivity contribution in [2.75, 3.05) is 0 Å². The predicted molar refractivity (Wildman–Crippen MR) is 64.9 cm³/mol. The summed E-state index contributed by atoms with van der Waals surface area (Å²) in [4.78, 5) is 0. The average molecular weight is 275 g/mol. The molecular formula is C14H17F4N. The maximum Gasteiger partial charge on any atom is 0.419 e. The van der Waals surface area contributed by atoms with Gasteiger partial charge in [-0.3, -0.25) is 0 Å². The number of halogens is 4. The molecule has 0 aliphatic heterocycles. The van der Waals surface area contributed by atoms with E-state index in [1.807, 2.05) is 0 Å². The molecule has 1 aromatic carbocycles. The number of nitrogens with two attached hydrogens (primary N) is 1. The monoisotopic (exact) mass is 275 g/mol. The summed E-state index contributed by atoms with van der Waals surface area (Å²) in [6.07, 6.45) is 0.462. The summed E-state index contributed by atoms with van der Waals surface area (Å²) in [5.74, 6) is -1.05. The van der Waals surface area contributed by atoms with Crippen LogP contribution in [0.4, 0.5) is 17.6 Å². The predicted octanol–water partition coefficient (Wildman–Crippen LogP) is 4.42. The zero-order valence-electron chi connectivity index (χ0n) is 10.5. The third kappa shape index (κ3) is 3.26. The van der Waals surface area contributed by atoms with E-state index in [4.69, 9.17) is 5.73 Å². The van der Waals surface area contributed by atoms with Gasteiger partial charge in [0.1, 0.15) is 5.82 Å². The molecule has 1 aromatic rings. The summed E-state index contributed by atoms with van der Waals surface area (Å²) in [5, 5.41) is 0. The van der Waals surface area contributed by atoms with Crippen molar-refractivity contribution in [2.24, 2.45) is 11.7 Å². The second-order valence-electron chi connectivity index (χ2n) is 5.16. The molecule has 19 heavy (non-hydrogen) atoms. The minimum atomic E-state index is -4.67. The first-order valence-electron chi connectivity index (χ1n) is 6.52. The van der Waals surface area contributed by atoms with Gasteiger partial charge in [0.05, 0.1) is 5.56 Å². The fraction of sp³-hybridized carbons (Fsp3) is 0.571. The topological polar surface area (TPSA) is 26.0 Å². The molecule has 0 saturated heterocycles. The first kappa shape index (κ1) is 14.3. The Morgan fingerprint density at radius 1 is 1.11 bits per heavy atom. The molecule has 1 atom stereocenters. The molecule has 2 N–H and O–H groups in total. The highest BCUT2D eigenvalue weighted by atomic mass is 19.4. The Hall–Kier alpha value is -1.10. The zero-order chi connectivity index (χ0) is 14.0. The van der Waals surface area contributed by atoms with Crippen molar-refractivity contribution in [2.45, 2.75) is 44.3 Å². The SMILES string of the molecule is N[C@H](c1ccc(F)c(C(F)(F)F)c1)C1CCCCC1. The van der Waals surface area contributed by atoms with Crippen LogP contribution in [0.3, 0.4) is 0 Å². The highest BCUT2D eigenvalue weighted by Crippen LogP contribution is 2.36. The summed E-state index contributed by atoms with van der Waals surface area (Å²) in [7, 11) is 0. The maximum atomic E-state index is 13.2. The maximum absolute atomic E-state index is 13.2. The molecular weight excluding hydrogens is 258 g/mol. The smallest absolute Gasteiger partial charge is 0.324 e. The molecule has 106 valence electrons.